The van der Waals surface area contributed by atoms with Crippen LogP contribution in [0.5, 0.6) is 0 Å². The molecule has 22 heavy (non-hydrogen) atoms. The third-order valence-corrected chi connectivity index (χ3v) is 5.74. The number of hydrogen-bond donors (Lipinski definition) is 0. The molecule has 0 bridgehead atoms. The van der Waals surface area contributed by atoms with E-state index in [1.54, 1.807) is 9.58 Å². The van der Waals surface area contributed by atoms with E-state index in [0.29, 0.717) is 23.8 Å². The number of nitrogens with zero attached hydrogens (tertiary/aromatic N) is 3. The van der Waals surface area contributed by atoms with Crippen LogP contribution in [-0.2, 0) is 26.9 Å². The highest BCUT2D eigenvalue weighted by atomic mass is 35.5. The summed E-state index contributed by atoms with van der Waals surface area (Å²) in [5.41, 5.74) is 0.448. The van der Waals surface area contributed by atoms with Crippen molar-refractivity contribution in [3.05, 3.63) is 16.9 Å². The summed E-state index contributed by atoms with van der Waals surface area (Å²) < 4.78 is 26.2. The quantitative estimate of drug-likeness (QED) is 0.815. The van der Waals surface area contributed by atoms with Gasteiger partial charge < -0.3 is 4.90 Å². The lowest BCUT2D eigenvalue weighted by atomic mass is 10.0. The minimum absolute atomic E-state index is 0.112. The first-order valence-corrected chi connectivity index (χ1v) is 9.74. The van der Waals surface area contributed by atoms with Gasteiger partial charge in [-0.3, -0.25) is 9.48 Å². The Morgan fingerprint density at radius 1 is 1.45 bits per heavy atom. The van der Waals surface area contributed by atoms with Gasteiger partial charge in [0.1, 0.15) is 5.75 Å². The van der Waals surface area contributed by atoms with Gasteiger partial charge in [0.25, 0.3) is 0 Å². The van der Waals surface area contributed by atoms with E-state index in [0.717, 1.165) is 19.3 Å². The standard InChI is InChI=1S/C14H22ClN3O3S/c1-3-18-13(12(15)8-16-18)9-22(20,21)10-14(19)17-7-5-4-6-11(17)2/h8,11H,3-7,9-10H2,1-2H3. The van der Waals surface area contributed by atoms with Crippen LogP contribution in [0.3, 0.4) is 0 Å². The molecule has 0 aromatic carbocycles. The van der Waals surface area contributed by atoms with Gasteiger partial charge in [-0.05, 0) is 33.1 Å². The molecule has 6 nitrogen and oxygen atoms in total. The lowest BCUT2D eigenvalue weighted by Gasteiger charge is -2.33. The maximum atomic E-state index is 12.3. The van der Waals surface area contributed by atoms with E-state index in [4.69, 9.17) is 11.6 Å². The Labute approximate surface area is 136 Å². The molecule has 0 saturated carbocycles. The second-order valence-corrected chi connectivity index (χ2v) is 8.19. The predicted octanol–water partition coefficient (Wildman–Crippen LogP) is 1.87. The molecule has 1 aliphatic rings. The van der Waals surface area contributed by atoms with Crippen molar-refractivity contribution in [2.75, 3.05) is 12.3 Å². The van der Waals surface area contributed by atoms with Gasteiger partial charge in [0.15, 0.2) is 9.84 Å². The molecule has 0 aliphatic carbocycles. The summed E-state index contributed by atoms with van der Waals surface area (Å²) in [5.74, 6) is -1.04. The van der Waals surface area contributed by atoms with Gasteiger partial charge in [0.05, 0.1) is 22.7 Å². The van der Waals surface area contributed by atoms with Crippen LogP contribution in [0.2, 0.25) is 5.02 Å². The maximum Gasteiger partial charge on any atom is 0.238 e. The lowest BCUT2D eigenvalue weighted by Crippen LogP contribution is -2.44. The molecular weight excluding hydrogens is 326 g/mol. The molecule has 1 fully saturated rings. The highest BCUT2D eigenvalue weighted by Gasteiger charge is 2.28. The molecule has 0 radical (unpaired) electrons. The van der Waals surface area contributed by atoms with Crippen LogP contribution >= 0.6 is 11.6 Å². The van der Waals surface area contributed by atoms with E-state index in [9.17, 15) is 13.2 Å². The minimum atomic E-state index is -3.57. The predicted molar refractivity (Wildman–Crippen MR) is 85.4 cm³/mol. The molecule has 2 rings (SSSR count). The van der Waals surface area contributed by atoms with Crippen LogP contribution in [-0.4, -0.2) is 47.3 Å². The molecule has 1 amide bonds. The topological polar surface area (TPSA) is 72.3 Å². The van der Waals surface area contributed by atoms with Crippen LogP contribution < -0.4 is 0 Å². The summed E-state index contributed by atoms with van der Waals surface area (Å²) in [5, 5.41) is 4.35. The summed E-state index contributed by atoms with van der Waals surface area (Å²) in [6.07, 6.45) is 4.39. The Morgan fingerprint density at radius 3 is 2.82 bits per heavy atom. The average molecular weight is 348 g/mol. The second-order valence-electron chi connectivity index (χ2n) is 5.72. The summed E-state index contributed by atoms with van der Waals surface area (Å²) >= 11 is 6.00. The van der Waals surface area contributed by atoms with Crippen LogP contribution in [0.1, 0.15) is 38.8 Å². The number of likely N-dealkylation sites (tertiary alicyclic amines) is 1. The number of carbonyl (C=O) groups excluding carboxylic acids is 1. The van der Waals surface area contributed by atoms with E-state index in [-0.39, 0.29) is 17.7 Å². The van der Waals surface area contributed by atoms with Crippen LogP contribution in [0.15, 0.2) is 6.20 Å². The van der Waals surface area contributed by atoms with Gasteiger partial charge in [-0.25, -0.2) is 8.42 Å². The molecular formula is C14H22ClN3O3S. The van der Waals surface area contributed by atoms with Crippen LogP contribution in [0, 0.1) is 0 Å². The Balaban J connectivity index is 2.07. The summed E-state index contributed by atoms with van der Waals surface area (Å²) in [6.45, 7) is 5.00. The number of aryl methyl sites for hydroxylation is 1. The molecule has 1 aliphatic heterocycles. The fourth-order valence-electron chi connectivity index (χ4n) is 2.80. The zero-order chi connectivity index (χ0) is 16.3. The summed E-state index contributed by atoms with van der Waals surface area (Å²) in [7, 11) is -3.57. The molecule has 0 N–H and O–H groups in total. The SMILES string of the molecule is CCn1ncc(Cl)c1CS(=O)(=O)CC(=O)N1CCCCC1C. The molecule has 1 aromatic rings. The van der Waals surface area contributed by atoms with Crippen LogP contribution in [0.25, 0.3) is 0 Å². The average Bonchev–Trinajstić information content (AvgIpc) is 2.79. The number of aromatic nitrogens is 2. The molecule has 124 valence electrons. The zero-order valence-corrected chi connectivity index (χ0v) is 14.5. The first kappa shape index (κ1) is 17.3. The monoisotopic (exact) mass is 347 g/mol. The van der Waals surface area contributed by atoms with Crippen molar-refractivity contribution in [1.82, 2.24) is 14.7 Å². The molecule has 8 heteroatoms. The third-order valence-electron chi connectivity index (χ3n) is 4.02. The van der Waals surface area contributed by atoms with Gasteiger partial charge in [-0.2, -0.15) is 5.10 Å². The van der Waals surface area contributed by atoms with E-state index in [1.807, 2.05) is 13.8 Å². The zero-order valence-electron chi connectivity index (χ0n) is 13.0. The van der Waals surface area contributed by atoms with Crippen molar-refractivity contribution in [3.63, 3.8) is 0 Å². The molecule has 1 aromatic heterocycles. The third kappa shape index (κ3) is 4.01. The number of halogens is 1. The van der Waals surface area contributed by atoms with E-state index in [2.05, 4.69) is 5.10 Å². The molecule has 0 spiro atoms. The molecule has 2 heterocycles. The first-order chi connectivity index (χ1) is 10.3. The van der Waals surface area contributed by atoms with Crippen molar-refractivity contribution in [3.8, 4) is 0 Å². The second kappa shape index (κ2) is 7.00. The largest absolute Gasteiger partial charge is 0.339 e. The van der Waals surface area contributed by atoms with E-state index < -0.39 is 15.6 Å². The number of piperidine rings is 1. The highest BCUT2D eigenvalue weighted by Crippen LogP contribution is 2.20. The highest BCUT2D eigenvalue weighted by molar-refractivity contribution is 7.91. The Morgan fingerprint density at radius 2 is 2.18 bits per heavy atom. The van der Waals surface area contributed by atoms with Crippen molar-refractivity contribution >= 4 is 27.3 Å². The summed E-state index contributed by atoms with van der Waals surface area (Å²) in [6, 6.07) is 0.112. The lowest BCUT2D eigenvalue weighted by molar-refractivity contribution is -0.131. The van der Waals surface area contributed by atoms with Crippen molar-refractivity contribution in [2.24, 2.45) is 0 Å². The number of rotatable bonds is 5. The Bertz CT molecular complexity index is 642. The first-order valence-electron chi connectivity index (χ1n) is 7.54. The number of carbonyl (C=O) groups is 1. The normalized spacial score (nSPS) is 19.4. The van der Waals surface area contributed by atoms with Crippen molar-refractivity contribution in [2.45, 2.75) is 51.4 Å². The number of sulfone groups is 1. The Kier molecular flexibility index (Phi) is 5.50. The number of amides is 1. The van der Waals surface area contributed by atoms with Crippen molar-refractivity contribution < 1.29 is 13.2 Å². The van der Waals surface area contributed by atoms with Crippen molar-refractivity contribution in [1.29, 1.82) is 0 Å². The fraction of sp³-hybridized carbons (Fsp3) is 0.714. The van der Waals surface area contributed by atoms with Gasteiger partial charge in [0, 0.05) is 19.1 Å². The van der Waals surface area contributed by atoms with Crippen LogP contribution in [0.4, 0.5) is 0 Å². The molecule has 1 unspecified atom stereocenters. The Hall–Kier alpha value is -1.08. The molecule has 1 atom stereocenters. The van der Waals surface area contributed by atoms with Gasteiger partial charge in [-0.1, -0.05) is 11.6 Å². The van der Waals surface area contributed by atoms with E-state index in [1.165, 1.54) is 6.20 Å². The maximum absolute atomic E-state index is 12.3. The van der Waals surface area contributed by atoms with Gasteiger partial charge >= 0.3 is 0 Å². The molecule has 1 saturated heterocycles. The smallest absolute Gasteiger partial charge is 0.238 e. The minimum Gasteiger partial charge on any atom is -0.339 e. The van der Waals surface area contributed by atoms with Gasteiger partial charge in [0.2, 0.25) is 5.91 Å². The van der Waals surface area contributed by atoms with E-state index >= 15 is 0 Å². The fourth-order valence-corrected chi connectivity index (χ4v) is 4.46. The van der Waals surface area contributed by atoms with Gasteiger partial charge in [-0.15, -0.1) is 0 Å². The summed E-state index contributed by atoms with van der Waals surface area (Å²) in [4.78, 5) is 14.0. The number of hydrogen-bond acceptors (Lipinski definition) is 4.